The number of aryl methyl sites for hydroxylation is 1. The highest BCUT2D eigenvalue weighted by Crippen LogP contribution is 2.08. The number of piperazine rings is 1. The summed E-state index contributed by atoms with van der Waals surface area (Å²) in [5, 5.41) is 3.54. The highest BCUT2D eigenvalue weighted by atomic mass is 15.2. The fourth-order valence-electron chi connectivity index (χ4n) is 2.16. The third kappa shape index (κ3) is 3.03. The van der Waals surface area contributed by atoms with Crippen molar-refractivity contribution in [1.29, 1.82) is 0 Å². The summed E-state index contributed by atoms with van der Waals surface area (Å²) in [6.07, 6.45) is 3.21. The predicted octanol–water partition coefficient (Wildman–Crippen LogP) is 1.57. The maximum atomic E-state index is 4.34. The minimum absolute atomic E-state index is 0.659. The lowest BCUT2D eigenvalue weighted by Crippen LogP contribution is -2.49. The second-order valence-corrected chi connectivity index (χ2v) is 4.60. The molecule has 1 saturated heterocycles. The Bertz CT molecular complexity index is 320. The van der Waals surface area contributed by atoms with Crippen LogP contribution >= 0.6 is 0 Å². The minimum Gasteiger partial charge on any atom is -0.311 e. The molecule has 1 fully saturated rings. The van der Waals surface area contributed by atoms with Crippen LogP contribution in [0.3, 0.4) is 0 Å². The number of aromatic nitrogens is 1. The lowest BCUT2D eigenvalue weighted by Gasteiger charge is -2.33. The van der Waals surface area contributed by atoms with Gasteiger partial charge in [-0.25, -0.2) is 0 Å². The first kappa shape index (κ1) is 11.6. The van der Waals surface area contributed by atoms with Crippen LogP contribution in [0.2, 0.25) is 0 Å². The van der Waals surface area contributed by atoms with E-state index in [0.717, 1.165) is 31.9 Å². The van der Waals surface area contributed by atoms with Gasteiger partial charge in [0.1, 0.15) is 0 Å². The first-order chi connectivity index (χ1) is 7.78. The van der Waals surface area contributed by atoms with Gasteiger partial charge in [-0.05, 0) is 25.0 Å². The van der Waals surface area contributed by atoms with Crippen LogP contribution in [0.4, 0.5) is 0 Å². The van der Waals surface area contributed by atoms with Crippen molar-refractivity contribution in [3.63, 3.8) is 0 Å². The SMILES string of the molecule is CCC1CN(Cc2ccc(C)nc2)CCN1. The van der Waals surface area contributed by atoms with E-state index in [-0.39, 0.29) is 0 Å². The zero-order valence-corrected chi connectivity index (χ0v) is 10.2. The molecule has 0 radical (unpaired) electrons. The van der Waals surface area contributed by atoms with Crippen LogP contribution < -0.4 is 5.32 Å². The Balaban J connectivity index is 1.91. The predicted molar refractivity (Wildman–Crippen MR) is 66.3 cm³/mol. The van der Waals surface area contributed by atoms with E-state index >= 15 is 0 Å². The van der Waals surface area contributed by atoms with Gasteiger partial charge in [-0.15, -0.1) is 0 Å². The molecule has 1 aliphatic heterocycles. The van der Waals surface area contributed by atoms with E-state index in [0.29, 0.717) is 6.04 Å². The maximum Gasteiger partial charge on any atom is 0.0372 e. The fraction of sp³-hybridized carbons (Fsp3) is 0.615. The van der Waals surface area contributed by atoms with Gasteiger partial charge in [-0.2, -0.15) is 0 Å². The smallest absolute Gasteiger partial charge is 0.0372 e. The summed E-state index contributed by atoms with van der Waals surface area (Å²) >= 11 is 0. The second kappa shape index (κ2) is 5.41. The lowest BCUT2D eigenvalue weighted by atomic mass is 10.1. The van der Waals surface area contributed by atoms with E-state index in [1.807, 2.05) is 13.1 Å². The summed E-state index contributed by atoms with van der Waals surface area (Å²) in [6, 6.07) is 4.94. The average molecular weight is 219 g/mol. The highest BCUT2D eigenvalue weighted by molar-refractivity contribution is 5.13. The summed E-state index contributed by atoms with van der Waals surface area (Å²) in [5.41, 5.74) is 2.41. The van der Waals surface area contributed by atoms with Gasteiger partial charge < -0.3 is 5.32 Å². The van der Waals surface area contributed by atoms with Crippen LogP contribution in [0.5, 0.6) is 0 Å². The Morgan fingerprint density at radius 1 is 1.50 bits per heavy atom. The Morgan fingerprint density at radius 3 is 3.06 bits per heavy atom. The molecule has 3 nitrogen and oxygen atoms in total. The van der Waals surface area contributed by atoms with Crippen LogP contribution in [0.15, 0.2) is 18.3 Å². The Hall–Kier alpha value is -0.930. The minimum atomic E-state index is 0.659. The van der Waals surface area contributed by atoms with Gasteiger partial charge in [-0.1, -0.05) is 13.0 Å². The van der Waals surface area contributed by atoms with E-state index in [1.54, 1.807) is 0 Å². The van der Waals surface area contributed by atoms with Crippen molar-refractivity contribution in [3.05, 3.63) is 29.6 Å². The van der Waals surface area contributed by atoms with Crippen molar-refractivity contribution in [1.82, 2.24) is 15.2 Å². The van der Waals surface area contributed by atoms with Gasteiger partial charge >= 0.3 is 0 Å². The molecule has 0 spiro atoms. The quantitative estimate of drug-likeness (QED) is 0.836. The van der Waals surface area contributed by atoms with Crippen LogP contribution in [0, 0.1) is 6.92 Å². The van der Waals surface area contributed by atoms with Crippen LogP contribution in [-0.4, -0.2) is 35.6 Å². The molecule has 3 heteroatoms. The first-order valence-electron chi connectivity index (χ1n) is 6.15. The molecule has 1 N–H and O–H groups in total. The van der Waals surface area contributed by atoms with E-state index in [4.69, 9.17) is 0 Å². The molecule has 1 aliphatic rings. The molecule has 0 aliphatic carbocycles. The van der Waals surface area contributed by atoms with Crippen LogP contribution in [0.1, 0.15) is 24.6 Å². The summed E-state index contributed by atoms with van der Waals surface area (Å²) in [5.74, 6) is 0. The molecule has 88 valence electrons. The summed E-state index contributed by atoms with van der Waals surface area (Å²) in [6.45, 7) is 8.72. The molecule has 1 aromatic rings. The van der Waals surface area contributed by atoms with Crippen molar-refractivity contribution < 1.29 is 0 Å². The van der Waals surface area contributed by atoms with E-state index in [1.165, 1.54) is 12.0 Å². The molecule has 0 aromatic carbocycles. The maximum absolute atomic E-state index is 4.34. The molecular formula is C13H21N3. The van der Waals surface area contributed by atoms with Gasteiger partial charge in [0, 0.05) is 44.1 Å². The largest absolute Gasteiger partial charge is 0.311 e. The van der Waals surface area contributed by atoms with Gasteiger partial charge in [0.15, 0.2) is 0 Å². The normalized spacial score (nSPS) is 22.2. The van der Waals surface area contributed by atoms with Gasteiger partial charge in [0.25, 0.3) is 0 Å². The molecule has 1 aromatic heterocycles. The van der Waals surface area contributed by atoms with Gasteiger partial charge in [-0.3, -0.25) is 9.88 Å². The van der Waals surface area contributed by atoms with Crippen molar-refractivity contribution in [3.8, 4) is 0 Å². The number of pyridine rings is 1. The lowest BCUT2D eigenvalue weighted by molar-refractivity contribution is 0.190. The molecule has 2 heterocycles. The molecule has 2 rings (SSSR count). The van der Waals surface area contributed by atoms with E-state index in [2.05, 4.69) is 34.3 Å². The van der Waals surface area contributed by atoms with Gasteiger partial charge in [0.05, 0.1) is 0 Å². The Kier molecular flexibility index (Phi) is 3.91. The van der Waals surface area contributed by atoms with Crippen molar-refractivity contribution in [2.75, 3.05) is 19.6 Å². The van der Waals surface area contributed by atoms with E-state index in [9.17, 15) is 0 Å². The molecule has 0 bridgehead atoms. The molecule has 1 unspecified atom stereocenters. The first-order valence-corrected chi connectivity index (χ1v) is 6.15. The fourth-order valence-corrected chi connectivity index (χ4v) is 2.16. The Labute approximate surface area is 97.9 Å². The molecule has 0 saturated carbocycles. The Morgan fingerprint density at radius 2 is 2.38 bits per heavy atom. The molecule has 0 amide bonds. The number of nitrogens with one attached hydrogen (secondary N) is 1. The van der Waals surface area contributed by atoms with Crippen molar-refractivity contribution in [2.45, 2.75) is 32.9 Å². The molecular weight excluding hydrogens is 198 g/mol. The molecule has 16 heavy (non-hydrogen) atoms. The zero-order chi connectivity index (χ0) is 11.4. The van der Waals surface area contributed by atoms with Gasteiger partial charge in [0.2, 0.25) is 0 Å². The number of nitrogens with zero attached hydrogens (tertiary/aromatic N) is 2. The highest BCUT2D eigenvalue weighted by Gasteiger charge is 2.17. The third-order valence-electron chi connectivity index (χ3n) is 3.21. The summed E-state index contributed by atoms with van der Waals surface area (Å²) < 4.78 is 0. The van der Waals surface area contributed by atoms with Crippen molar-refractivity contribution in [2.24, 2.45) is 0 Å². The monoisotopic (exact) mass is 219 g/mol. The summed E-state index contributed by atoms with van der Waals surface area (Å²) in [7, 11) is 0. The number of hydrogen-bond acceptors (Lipinski definition) is 3. The summed E-state index contributed by atoms with van der Waals surface area (Å²) in [4.78, 5) is 6.85. The third-order valence-corrected chi connectivity index (χ3v) is 3.21. The van der Waals surface area contributed by atoms with Crippen LogP contribution in [0.25, 0.3) is 0 Å². The zero-order valence-electron chi connectivity index (χ0n) is 10.2. The number of rotatable bonds is 3. The topological polar surface area (TPSA) is 28.2 Å². The standard InChI is InChI=1S/C13H21N3/c1-3-13-10-16(7-6-14-13)9-12-5-4-11(2)15-8-12/h4-5,8,13-14H,3,6-7,9-10H2,1-2H3. The van der Waals surface area contributed by atoms with Crippen molar-refractivity contribution >= 4 is 0 Å². The average Bonchev–Trinajstić information content (AvgIpc) is 2.32. The van der Waals surface area contributed by atoms with E-state index < -0.39 is 0 Å². The van der Waals surface area contributed by atoms with Crippen LogP contribution in [-0.2, 0) is 6.54 Å². The number of hydrogen-bond donors (Lipinski definition) is 1. The second-order valence-electron chi connectivity index (χ2n) is 4.60. The molecule has 1 atom stereocenters.